The smallest absolute Gasteiger partial charge is 0.348 e. The van der Waals surface area contributed by atoms with E-state index in [9.17, 15) is 13.2 Å². The fraction of sp³-hybridized carbons (Fsp3) is 0.643. The fourth-order valence-corrected chi connectivity index (χ4v) is 6.80. The summed E-state index contributed by atoms with van der Waals surface area (Å²) in [6.45, 7) is 1.48. The van der Waals surface area contributed by atoms with Gasteiger partial charge in [0.05, 0.1) is 14.2 Å². The molecule has 0 saturated carbocycles. The molecular formula is C14H20N2O5S2. The summed E-state index contributed by atoms with van der Waals surface area (Å²) in [5, 5.41) is 3.29. The number of nitrogens with zero attached hydrogens (tertiary/aromatic N) is 1. The second-order valence-corrected chi connectivity index (χ2v) is 8.76. The molecule has 3 rings (SSSR count). The standard InChI is InChI=1S/C14H20N2O5S2/c1-20-11-7-12(13(17)21-2)22-14(11)23(18,19)16-9-3-4-10(16)8-15-6-5-9/h7,9-10,15H,3-6,8H2,1-2H3. The number of sulfonamides is 1. The van der Waals surface area contributed by atoms with Gasteiger partial charge in [0.1, 0.15) is 4.88 Å². The zero-order chi connectivity index (χ0) is 16.6. The topological polar surface area (TPSA) is 84.9 Å². The largest absolute Gasteiger partial charge is 0.494 e. The molecule has 1 aromatic heterocycles. The van der Waals surface area contributed by atoms with Crippen LogP contribution < -0.4 is 10.1 Å². The minimum absolute atomic E-state index is 0.00776. The lowest BCUT2D eigenvalue weighted by Gasteiger charge is -2.26. The summed E-state index contributed by atoms with van der Waals surface area (Å²) in [5.74, 6) is -0.359. The molecule has 2 fully saturated rings. The third kappa shape index (κ3) is 2.86. The highest BCUT2D eigenvalue weighted by Crippen LogP contribution is 2.40. The molecule has 0 radical (unpaired) electrons. The third-order valence-electron chi connectivity index (χ3n) is 4.37. The molecule has 1 aromatic rings. The van der Waals surface area contributed by atoms with Gasteiger partial charge in [-0.05, 0) is 25.8 Å². The number of carbonyl (C=O) groups is 1. The predicted molar refractivity (Wildman–Crippen MR) is 85.5 cm³/mol. The highest BCUT2D eigenvalue weighted by Gasteiger charge is 2.45. The summed E-state index contributed by atoms with van der Waals surface area (Å²) < 4.78 is 37.9. The van der Waals surface area contributed by atoms with Gasteiger partial charge in [-0.3, -0.25) is 0 Å². The molecule has 128 valence electrons. The Morgan fingerprint density at radius 1 is 1.30 bits per heavy atom. The summed E-state index contributed by atoms with van der Waals surface area (Å²) in [4.78, 5) is 11.9. The number of esters is 1. The Kier molecular flexibility index (Phi) is 4.63. The summed E-state index contributed by atoms with van der Waals surface area (Å²) in [7, 11) is -1.04. The quantitative estimate of drug-likeness (QED) is 0.808. The first kappa shape index (κ1) is 16.7. The molecule has 2 unspecified atom stereocenters. The van der Waals surface area contributed by atoms with Gasteiger partial charge in [-0.25, -0.2) is 13.2 Å². The van der Waals surface area contributed by atoms with Gasteiger partial charge in [-0.15, -0.1) is 11.3 Å². The number of ether oxygens (including phenoxy) is 2. The molecule has 2 atom stereocenters. The molecule has 9 heteroatoms. The van der Waals surface area contributed by atoms with Crippen molar-refractivity contribution in [2.24, 2.45) is 0 Å². The molecule has 1 N–H and O–H groups in total. The van der Waals surface area contributed by atoms with Crippen molar-refractivity contribution in [3.05, 3.63) is 10.9 Å². The average molecular weight is 360 g/mol. The minimum Gasteiger partial charge on any atom is -0.494 e. The van der Waals surface area contributed by atoms with Gasteiger partial charge in [0, 0.05) is 24.7 Å². The summed E-state index contributed by atoms with van der Waals surface area (Å²) in [5.41, 5.74) is 0. The van der Waals surface area contributed by atoms with Crippen LogP contribution >= 0.6 is 11.3 Å². The molecule has 2 aliphatic heterocycles. The van der Waals surface area contributed by atoms with Gasteiger partial charge in [-0.2, -0.15) is 4.31 Å². The van der Waals surface area contributed by atoms with E-state index in [-0.39, 0.29) is 26.9 Å². The first-order chi connectivity index (χ1) is 11.0. The number of hydrogen-bond acceptors (Lipinski definition) is 7. The number of fused-ring (bicyclic) bond motifs is 2. The van der Waals surface area contributed by atoms with Crippen molar-refractivity contribution in [3.63, 3.8) is 0 Å². The van der Waals surface area contributed by atoms with E-state index in [0.717, 1.165) is 37.1 Å². The highest BCUT2D eigenvalue weighted by molar-refractivity contribution is 7.91. The fourth-order valence-electron chi connectivity index (χ4n) is 3.31. The van der Waals surface area contributed by atoms with Crippen molar-refractivity contribution >= 4 is 27.3 Å². The minimum atomic E-state index is -3.71. The van der Waals surface area contributed by atoms with Crippen molar-refractivity contribution in [2.75, 3.05) is 27.3 Å². The third-order valence-corrected chi connectivity index (χ3v) is 7.97. The monoisotopic (exact) mass is 360 g/mol. The molecule has 2 saturated heterocycles. The number of methoxy groups -OCH3 is 2. The SMILES string of the molecule is COC(=O)c1cc(OC)c(S(=O)(=O)N2C3CCNCC2CC3)s1. The van der Waals surface area contributed by atoms with Crippen LogP contribution in [-0.4, -0.2) is 58.1 Å². The van der Waals surface area contributed by atoms with Crippen molar-refractivity contribution in [1.82, 2.24) is 9.62 Å². The first-order valence-electron chi connectivity index (χ1n) is 7.49. The molecule has 0 spiro atoms. The maximum Gasteiger partial charge on any atom is 0.348 e. The number of nitrogens with one attached hydrogen (secondary N) is 1. The van der Waals surface area contributed by atoms with Gasteiger partial charge in [0.15, 0.2) is 9.96 Å². The van der Waals surface area contributed by atoms with Gasteiger partial charge in [0.2, 0.25) is 0 Å². The lowest BCUT2D eigenvalue weighted by Crippen LogP contribution is -2.42. The van der Waals surface area contributed by atoms with E-state index in [2.05, 4.69) is 10.1 Å². The van der Waals surface area contributed by atoms with Gasteiger partial charge >= 0.3 is 5.97 Å². The van der Waals surface area contributed by atoms with Crippen LogP contribution in [-0.2, 0) is 14.8 Å². The first-order valence-corrected chi connectivity index (χ1v) is 9.75. The van der Waals surface area contributed by atoms with E-state index >= 15 is 0 Å². The Morgan fingerprint density at radius 3 is 2.74 bits per heavy atom. The second-order valence-electron chi connectivity index (χ2n) is 5.67. The van der Waals surface area contributed by atoms with Gasteiger partial charge in [-0.1, -0.05) is 0 Å². The Labute approximate surface area is 139 Å². The van der Waals surface area contributed by atoms with E-state index in [1.807, 2.05) is 0 Å². The van der Waals surface area contributed by atoms with Crippen LogP contribution in [0.5, 0.6) is 5.75 Å². The van der Waals surface area contributed by atoms with E-state index in [1.165, 1.54) is 20.3 Å². The van der Waals surface area contributed by atoms with E-state index in [4.69, 9.17) is 4.74 Å². The molecule has 2 bridgehead atoms. The maximum absolute atomic E-state index is 13.2. The molecule has 2 aliphatic rings. The Hall–Kier alpha value is -1.16. The zero-order valence-corrected chi connectivity index (χ0v) is 14.7. The normalized spacial score (nSPS) is 25.1. The Balaban J connectivity index is 2.02. The number of hydrogen-bond donors (Lipinski definition) is 1. The van der Waals surface area contributed by atoms with Crippen LogP contribution in [0.2, 0.25) is 0 Å². The number of rotatable bonds is 4. The van der Waals surface area contributed by atoms with E-state index in [0.29, 0.717) is 6.54 Å². The van der Waals surface area contributed by atoms with Crippen LogP contribution in [0.4, 0.5) is 0 Å². The Morgan fingerprint density at radius 2 is 2.04 bits per heavy atom. The van der Waals surface area contributed by atoms with Crippen LogP contribution in [0.1, 0.15) is 28.9 Å². The molecule has 23 heavy (non-hydrogen) atoms. The maximum atomic E-state index is 13.2. The van der Waals surface area contributed by atoms with Crippen LogP contribution in [0.3, 0.4) is 0 Å². The van der Waals surface area contributed by atoms with Crippen molar-refractivity contribution in [2.45, 2.75) is 35.6 Å². The number of thiophene rings is 1. The average Bonchev–Trinajstić information content (AvgIpc) is 3.07. The molecule has 0 aliphatic carbocycles. The van der Waals surface area contributed by atoms with Crippen LogP contribution in [0, 0.1) is 0 Å². The van der Waals surface area contributed by atoms with Crippen LogP contribution in [0.15, 0.2) is 10.3 Å². The molecule has 7 nitrogen and oxygen atoms in total. The second kappa shape index (κ2) is 6.39. The summed E-state index contributed by atoms with van der Waals surface area (Å²) in [6, 6.07) is 1.40. The Bertz CT molecular complexity index is 686. The van der Waals surface area contributed by atoms with Crippen molar-refractivity contribution in [1.29, 1.82) is 0 Å². The predicted octanol–water partition coefficient (Wildman–Crippen LogP) is 1.06. The molecule has 0 amide bonds. The molecule has 3 heterocycles. The lowest BCUT2D eigenvalue weighted by molar-refractivity contribution is 0.0606. The number of carbonyl (C=O) groups excluding carboxylic acids is 1. The van der Waals surface area contributed by atoms with E-state index in [1.54, 1.807) is 4.31 Å². The summed E-state index contributed by atoms with van der Waals surface area (Å²) in [6.07, 6.45) is 2.53. The lowest BCUT2D eigenvalue weighted by atomic mass is 10.1. The van der Waals surface area contributed by atoms with Crippen molar-refractivity contribution < 1.29 is 22.7 Å². The van der Waals surface area contributed by atoms with Gasteiger partial charge < -0.3 is 14.8 Å². The summed E-state index contributed by atoms with van der Waals surface area (Å²) >= 11 is 0.906. The van der Waals surface area contributed by atoms with Crippen molar-refractivity contribution in [3.8, 4) is 5.75 Å². The van der Waals surface area contributed by atoms with Gasteiger partial charge in [0.25, 0.3) is 10.0 Å². The van der Waals surface area contributed by atoms with Crippen LogP contribution in [0.25, 0.3) is 0 Å². The molecule has 0 aromatic carbocycles. The molecular weight excluding hydrogens is 340 g/mol. The van der Waals surface area contributed by atoms with E-state index < -0.39 is 16.0 Å². The zero-order valence-electron chi connectivity index (χ0n) is 13.1. The highest BCUT2D eigenvalue weighted by atomic mass is 32.2.